The van der Waals surface area contributed by atoms with Crippen LogP contribution in [0.1, 0.15) is 31.5 Å². The summed E-state index contributed by atoms with van der Waals surface area (Å²) in [6.45, 7) is 5.54. The van der Waals surface area contributed by atoms with Crippen molar-refractivity contribution in [2.24, 2.45) is 4.99 Å². The van der Waals surface area contributed by atoms with Crippen LogP contribution in [0.25, 0.3) is 0 Å². The molecule has 0 saturated heterocycles. The largest absolute Gasteiger partial charge is 0.356 e. The predicted octanol–water partition coefficient (Wildman–Crippen LogP) is 2.37. The molecule has 140 valence electrons. The van der Waals surface area contributed by atoms with Gasteiger partial charge in [-0.25, -0.2) is 4.98 Å². The van der Waals surface area contributed by atoms with Gasteiger partial charge < -0.3 is 15.5 Å². The van der Waals surface area contributed by atoms with Crippen LogP contribution in [-0.4, -0.2) is 49.4 Å². The van der Waals surface area contributed by atoms with Crippen LogP contribution >= 0.6 is 11.3 Å². The summed E-state index contributed by atoms with van der Waals surface area (Å²) in [7, 11) is 5.27. The number of hydrogen-bond donors (Lipinski definition) is 2. The average Bonchev–Trinajstić information content (AvgIpc) is 2.95. The predicted molar refractivity (Wildman–Crippen MR) is 108 cm³/mol. The van der Waals surface area contributed by atoms with E-state index in [1.807, 2.05) is 31.2 Å². The molecule has 2 aromatic rings. The van der Waals surface area contributed by atoms with Gasteiger partial charge in [0, 0.05) is 51.1 Å². The maximum atomic E-state index is 11.9. The fourth-order valence-corrected chi connectivity index (χ4v) is 3.47. The molecule has 2 N–H and O–H groups in total. The highest BCUT2D eigenvalue weighted by Crippen LogP contribution is 2.17. The maximum Gasteiger partial charge on any atom is 0.253 e. The van der Waals surface area contributed by atoms with Gasteiger partial charge in [0.25, 0.3) is 5.91 Å². The number of aromatic nitrogens is 1. The number of amides is 1. The van der Waals surface area contributed by atoms with Crippen LogP contribution < -0.4 is 10.6 Å². The number of carbonyl (C=O) groups is 1. The minimum atomic E-state index is 0.00980. The smallest absolute Gasteiger partial charge is 0.253 e. The van der Waals surface area contributed by atoms with E-state index in [2.05, 4.69) is 27.5 Å². The van der Waals surface area contributed by atoms with Crippen molar-refractivity contribution in [1.82, 2.24) is 20.5 Å². The summed E-state index contributed by atoms with van der Waals surface area (Å²) < 4.78 is 0. The second kappa shape index (κ2) is 9.33. The van der Waals surface area contributed by atoms with Gasteiger partial charge in [-0.3, -0.25) is 9.79 Å². The van der Waals surface area contributed by atoms with Gasteiger partial charge in [0.15, 0.2) is 5.96 Å². The van der Waals surface area contributed by atoms with Gasteiger partial charge in [0.1, 0.15) is 0 Å². The molecule has 0 saturated carbocycles. The lowest BCUT2D eigenvalue weighted by atomic mass is 10.1. The van der Waals surface area contributed by atoms with Crippen LogP contribution in [0.4, 0.5) is 0 Å². The first-order valence-electron chi connectivity index (χ1n) is 8.58. The Morgan fingerprint density at radius 3 is 2.42 bits per heavy atom. The standard InChI is InChI=1S/C19H27N5OS/c1-13-17(26-14(2)23-13)10-11-21-19(20-3)22-12-15-6-8-16(9-7-15)18(25)24(4)5/h6-9H,10-12H2,1-5H3,(H2,20,21,22). The third-order valence-corrected chi connectivity index (χ3v) is 5.07. The summed E-state index contributed by atoms with van der Waals surface area (Å²) >= 11 is 1.75. The number of aliphatic imine (C=N–C) groups is 1. The Balaban J connectivity index is 1.81. The zero-order valence-corrected chi connectivity index (χ0v) is 16.9. The second-order valence-corrected chi connectivity index (χ2v) is 7.53. The highest BCUT2D eigenvalue weighted by molar-refractivity contribution is 7.11. The van der Waals surface area contributed by atoms with Crippen LogP contribution in [0.2, 0.25) is 0 Å². The van der Waals surface area contributed by atoms with E-state index in [-0.39, 0.29) is 5.91 Å². The molecule has 0 aliphatic carbocycles. The zero-order valence-electron chi connectivity index (χ0n) is 16.1. The number of carbonyl (C=O) groups excluding carboxylic acids is 1. The summed E-state index contributed by atoms with van der Waals surface area (Å²) in [5.74, 6) is 0.771. The fourth-order valence-electron chi connectivity index (χ4n) is 2.53. The van der Waals surface area contributed by atoms with Crippen molar-refractivity contribution < 1.29 is 4.79 Å². The van der Waals surface area contributed by atoms with E-state index < -0.39 is 0 Å². The van der Waals surface area contributed by atoms with Crippen LogP contribution in [0.15, 0.2) is 29.3 Å². The molecular formula is C19H27N5OS. The number of aryl methyl sites for hydroxylation is 2. The van der Waals surface area contributed by atoms with Gasteiger partial charge in [-0.15, -0.1) is 11.3 Å². The maximum absolute atomic E-state index is 11.9. The molecule has 0 bridgehead atoms. The van der Waals surface area contributed by atoms with Crippen LogP contribution in [0, 0.1) is 13.8 Å². The van der Waals surface area contributed by atoms with Crippen molar-refractivity contribution in [1.29, 1.82) is 0 Å². The Labute approximate surface area is 159 Å². The number of hydrogen-bond acceptors (Lipinski definition) is 4. The highest BCUT2D eigenvalue weighted by atomic mass is 32.1. The molecule has 0 aliphatic rings. The van der Waals surface area contributed by atoms with Crippen molar-refractivity contribution in [3.05, 3.63) is 51.0 Å². The monoisotopic (exact) mass is 373 g/mol. The molecule has 1 amide bonds. The Hall–Kier alpha value is -2.41. The second-order valence-electron chi connectivity index (χ2n) is 6.24. The van der Waals surface area contributed by atoms with Crippen molar-refractivity contribution in [2.45, 2.75) is 26.8 Å². The van der Waals surface area contributed by atoms with E-state index in [0.717, 1.165) is 35.2 Å². The molecule has 1 heterocycles. The van der Waals surface area contributed by atoms with Gasteiger partial charge in [-0.1, -0.05) is 12.1 Å². The highest BCUT2D eigenvalue weighted by Gasteiger charge is 2.08. The molecule has 0 spiro atoms. The molecule has 7 heteroatoms. The molecule has 0 atom stereocenters. The molecule has 0 radical (unpaired) electrons. The number of rotatable bonds is 6. The molecule has 0 aliphatic heterocycles. The molecule has 1 aromatic heterocycles. The summed E-state index contributed by atoms with van der Waals surface area (Å²) in [4.78, 5) is 23.5. The Bertz CT molecular complexity index is 765. The fraction of sp³-hybridized carbons (Fsp3) is 0.421. The lowest BCUT2D eigenvalue weighted by Gasteiger charge is -2.13. The van der Waals surface area contributed by atoms with E-state index >= 15 is 0 Å². The van der Waals surface area contributed by atoms with Crippen LogP contribution in [-0.2, 0) is 13.0 Å². The number of nitrogens with one attached hydrogen (secondary N) is 2. The Kier molecular flexibility index (Phi) is 7.15. The van der Waals surface area contributed by atoms with Gasteiger partial charge in [0.05, 0.1) is 10.7 Å². The first-order chi connectivity index (χ1) is 12.4. The molecule has 0 unspecified atom stereocenters. The van der Waals surface area contributed by atoms with E-state index in [4.69, 9.17) is 0 Å². The summed E-state index contributed by atoms with van der Waals surface area (Å²) in [5.41, 5.74) is 2.90. The molecule has 26 heavy (non-hydrogen) atoms. The quantitative estimate of drug-likeness (QED) is 0.602. The van der Waals surface area contributed by atoms with Gasteiger partial charge >= 0.3 is 0 Å². The van der Waals surface area contributed by atoms with Crippen molar-refractivity contribution in [3.8, 4) is 0 Å². The van der Waals surface area contributed by atoms with E-state index in [1.54, 1.807) is 37.4 Å². The molecule has 6 nitrogen and oxygen atoms in total. The number of guanidine groups is 1. The van der Waals surface area contributed by atoms with Crippen molar-refractivity contribution in [2.75, 3.05) is 27.7 Å². The lowest BCUT2D eigenvalue weighted by Crippen LogP contribution is -2.37. The third-order valence-electron chi connectivity index (χ3n) is 3.93. The normalized spacial score (nSPS) is 11.3. The first kappa shape index (κ1) is 19.9. The molecular weight excluding hydrogens is 346 g/mol. The topological polar surface area (TPSA) is 69.6 Å². The van der Waals surface area contributed by atoms with E-state index in [0.29, 0.717) is 12.1 Å². The first-order valence-corrected chi connectivity index (χ1v) is 9.40. The lowest BCUT2D eigenvalue weighted by molar-refractivity contribution is 0.0827. The molecule has 1 aromatic carbocycles. The average molecular weight is 374 g/mol. The number of benzene rings is 1. The number of thiazole rings is 1. The van der Waals surface area contributed by atoms with Crippen molar-refractivity contribution >= 4 is 23.2 Å². The van der Waals surface area contributed by atoms with Gasteiger partial charge in [-0.05, 0) is 31.5 Å². The van der Waals surface area contributed by atoms with Crippen LogP contribution in [0.3, 0.4) is 0 Å². The number of nitrogens with zero attached hydrogens (tertiary/aromatic N) is 3. The molecule has 0 fully saturated rings. The third kappa shape index (κ3) is 5.56. The van der Waals surface area contributed by atoms with E-state index in [9.17, 15) is 4.79 Å². The van der Waals surface area contributed by atoms with E-state index in [1.165, 1.54) is 4.88 Å². The summed E-state index contributed by atoms with van der Waals surface area (Å²) in [6, 6.07) is 7.62. The Morgan fingerprint density at radius 2 is 1.88 bits per heavy atom. The minimum Gasteiger partial charge on any atom is -0.356 e. The zero-order chi connectivity index (χ0) is 19.1. The Morgan fingerprint density at radius 1 is 1.19 bits per heavy atom. The van der Waals surface area contributed by atoms with Crippen molar-refractivity contribution in [3.63, 3.8) is 0 Å². The van der Waals surface area contributed by atoms with Gasteiger partial charge in [0.2, 0.25) is 0 Å². The SMILES string of the molecule is CN=C(NCCc1sc(C)nc1C)NCc1ccc(C(=O)N(C)C)cc1. The summed E-state index contributed by atoms with van der Waals surface area (Å²) in [6.07, 6.45) is 0.930. The van der Waals surface area contributed by atoms with Crippen LogP contribution in [0.5, 0.6) is 0 Å². The van der Waals surface area contributed by atoms with Gasteiger partial charge in [-0.2, -0.15) is 0 Å². The molecule has 2 rings (SSSR count). The minimum absolute atomic E-state index is 0.00980. The summed E-state index contributed by atoms with van der Waals surface area (Å²) in [5, 5.41) is 7.73.